The number of piperidine rings is 1. The molecule has 1 aliphatic heterocycles. The summed E-state index contributed by atoms with van der Waals surface area (Å²) < 4.78 is 28.4. The van der Waals surface area contributed by atoms with Gasteiger partial charge in [0.15, 0.2) is 0 Å². The Bertz CT molecular complexity index is 555. The lowest BCUT2D eigenvalue weighted by Crippen LogP contribution is -2.39. The minimum absolute atomic E-state index is 0.151. The average Bonchev–Trinajstić information content (AvgIpc) is 2.80. The number of nitrogens with zero attached hydrogens (tertiary/aromatic N) is 2. The summed E-state index contributed by atoms with van der Waals surface area (Å²) in [4.78, 5) is 0.284. The molecule has 114 valence electrons. The van der Waals surface area contributed by atoms with E-state index in [4.69, 9.17) is 0 Å². The molecule has 1 aromatic heterocycles. The van der Waals surface area contributed by atoms with Crippen molar-refractivity contribution in [1.29, 1.82) is 0 Å². The number of hydrogen-bond acceptors (Lipinski definition) is 3. The van der Waals surface area contributed by atoms with Gasteiger partial charge < -0.3 is 9.67 Å². The highest BCUT2D eigenvalue weighted by Gasteiger charge is 2.31. The number of aliphatic hydroxyl groups is 1. The molecule has 1 aromatic rings. The van der Waals surface area contributed by atoms with Gasteiger partial charge in [0.1, 0.15) is 4.90 Å². The van der Waals surface area contributed by atoms with Crippen molar-refractivity contribution in [3.63, 3.8) is 0 Å². The molecule has 2 rings (SSSR count). The van der Waals surface area contributed by atoms with Crippen LogP contribution in [0.4, 0.5) is 0 Å². The van der Waals surface area contributed by atoms with Crippen LogP contribution in [0.5, 0.6) is 0 Å². The van der Waals surface area contributed by atoms with Crippen LogP contribution in [0.2, 0.25) is 0 Å². The fourth-order valence-corrected chi connectivity index (χ4v) is 4.37. The molecular formula is C14H24N2O3S. The SMILES string of the molecule is CC(C)C1CCN(S(=O)(=O)c2cc(CO)n(C)c2)CC1. The lowest BCUT2D eigenvalue weighted by Gasteiger charge is -2.32. The molecule has 0 spiro atoms. The minimum Gasteiger partial charge on any atom is -0.390 e. The molecule has 20 heavy (non-hydrogen) atoms. The molecule has 0 atom stereocenters. The first-order valence-electron chi connectivity index (χ1n) is 7.12. The quantitative estimate of drug-likeness (QED) is 0.918. The Kier molecular flexibility index (Phi) is 4.56. The van der Waals surface area contributed by atoms with Gasteiger partial charge in [0.2, 0.25) is 10.0 Å². The van der Waals surface area contributed by atoms with Crippen molar-refractivity contribution in [3.05, 3.63) is 18.0 Å². The van der Waals surface area contributed by atoms with Crippen LogP contribution in [-0.2, 0) is 23.7 Å². The third kappa shape index (κ3) is 2.92. The standard InChI is InChI=1S/C14H24N2O3S/c1-11(2)12-4-6-16(7-5-12)20(18,19)14-8-13(10-17)15(3)9-14/h8-9,11-12,17H,4-7,10H2,1-3H3. The molecule has 2 heterocycles. The molecule has 1 saturated heterocycles. The van der Waals surface area contributed by atoms with Gasteiger partial charge in [-0.2, -0.15) is 4.31 Å². The molecule has 0 unspecified atom stereocenters. The molecule has 1 fully saturated rings. The Morgan fingerprint density at radius 3 is 2.40 bits per heavy atom. The molecule has 0 radical (unpaired) electrons. The van der Waals surface area contributed by atoms with Crippen molar-refractivity contribution in [1.82, 2.24) is 8.87 Å². The van der Waals surface area contributed by atoms with Gasteiger partial charge in [-0.3, -0.25) is 0 Å². The summed E-state index contributed by atoms with van der Waals surface area (Å²) >= 11 is 0. The van der Waals surface area contributed by atoms with Gasteiger partial charge in [-0.05, 0) is 30.7 Å². The number of aryl methyl sites for hydroxylation is 1. The van der Waals surface area contributed by atoms with Crippen molar-refractivity contribution >= 4 is 10.0 Å². The molecule has 0 saturated carbocycles. The summed E-state index contributed by atoms with van der Waals surface area (Å²) in [7, 11) is -1.68. The molecule has 6 heteroatoms. The highest BCUT2D eigenvalue weighted by Crippen LogP contribution is 2.28. The summed E-state index contributed by atoms with van der Waals surface area (Å²) in [6.45, 7) is 5.42. The van der Waals surface area contributed by atoms with E-state index in [9.17, 15) is 13.5 Å². The van der Waals surface area contributed by atoms with Gasteiger partial charge in [0, 0.05) is 32.0 Å². The van der Waals surface area contributed by atoms with Crippen molar-refractivity contribution < 1.29 is 13.5 Å². The van der Waals surface area contributed by atoms with Gasteiger partial charge in [-0.15, -0.1) is 0 Å². The van der Waals surface area contributed by atoms with Gasteiger partial charge in [0.25, 0.3) is 0 Å². The fourth-order valence-electron chi connectivity index (χ4n) is 2.81. The van der Waals surface area contributed by atoms with Crippen LogP contribution in [-0.4, -0.2) is 35.5 Å². The second kappa shape index (κ2) is 5.87. The molecule has 0 bridgehead atoms. The zero-order valence-electron chi connectivity index (χ0n) is 12.4. The summed E-state index contributed by atoms with van der Waals surface area (Å²) in [6, 6.07) is 1.56. The van der Waals surface area contributed by atoms with Crippen LogP contribution in [0.1, 0.15) is 32.4 Å². The molecule has 0 amide bonds. The van der Waals surface area contributed by atoms with Crippen LogP contribution in [0, 0.1) is 11.8 Å². The first-order chi connectivity index (χ1) is 9.36. The number of sulfonamides is 1. The second-order valence-electron chi connectivity index (χ2n) is 5.92. The maximum absolute atomic E-state index is 12.6. The van der Waals surface area contributed by atoms with Crippen LogP contribution in [0.3, 0.4) is 0 Å². The van der Waals surface area contributed by atoms with E-state index >= 15 is 0 Å². The van der Waals surface area contributed by atoms with Crippen molar-refractivity contribution in [2.75, 3.05) is 13.1 Å². The Balaban J connectivity index is 2.15. The number of rotatable bonds is 4. The highest BCUT2D eigenvalue weighted by molar-refractivity contribution is 7.89. The van der Waals surface area contributed by atoms with E-state index in [-0.39, 0.29) is 11.5 Å². The molecule has 1 aliphatic rings. The lowest BCUT2D eigenvalue weighted by molar-refractivity contribution is 0.226. The molecule has 0 aromatic carbocycles. The highest BCUT2D eigenvalue weighted by atomic mass is 32.2. The van der Waals surface area contributed by atoms with Gasteiger partial charge in [0.05, 0.1) is 6.61 Å². The van der Waals surface area contributed by atoms with Crippen LogP contribution in [0.25, 0.3) is 0 Å². The maximum atomic E-state index is 12.6. The predicted octanol–water partition coefficient (Wildman–Crippen LogP) is 1.57. The third-order valence-electron chi connectivity index (χ3n) is 4.32. The zero-order valence-corrected chi connectivity index (χ0v) is 13.2. The van der Waals surface area contributed by atoms with Crippen molar-refractivity contribution in [3.8, 4) is 0 Å². The van der Waals surface area contributed by atoms with E-state index in [0.29, 0.717) is 30.6 Å². The molecule has 1 N–H and O–H groups in total. The summed E-state index contributed by atoms with van der Waals surface area (Å²) in [5.41, 5.74) is 0.612. The van der Waals surface area contributed by atoms with Crippen LogP contribution in [0.15, 0.2) is 17.2 Å². The first-order valence-corrected chi connectivity index (χ1v) is 8.56. The maximum Gasteiger partial charge on any atom is 0.244 e. The van der Waals surface area contributed by atoms with Gasteiger partial charge in [-0.1, -0.05) is 13.8 Å². The minimum atomic E-state index is -3.42. The number of hydrogen-bond donors (Lipinski definition) is 1. The number of aromatic nitrogens is 1. The zero-order chi connectivity index (χ0) is 14.9. The summed E-state index contributed by atoms with van der Waals surface area (Å²) in [5, 5.41) is 9.17. The fraction of sp³-hybridized carbons (Fsp3) is 0.714. The molecular weight excluding hydrogens is 276 g/mol. The Hall–Kier alpha value is -0.850. The third-order valence-corrected chi connectivity index (χ3v) is 6.19. The summed E-state index contributed by atoms with van der Waals surface area (Å²) in [5.74, 6) is 1.22. The van der Waals surface area contributed by atoms with E-state index in [1.165, 1.54) is 0 Å². The monoisotopic (exact) mass is 300 g/mol. The first kappa shape index (κ1) is 15.5. The van der Waals surface area contributed by atoms with E-state index in [0.717, 1.165) is 12.8 Å². The normalized spacial score (nSPS) is 18.9. The van der Waals surface area contributed by atoms with Gasteiger partial charge >= 0.3 is 0 Å². The smallest absolute Gasteiger partial charge is 0.244 e. The largest absolute Gasteiger partial charge is 0.390 e. The predicted molar refractivity (Wildman–Crippen MR) is 77.7 cm³/mol. The Labute approximate surface area is 121 Å². The van der Waals surface area contributed by atoms with E-state index in [1.54, 1.807) is 28.2 Å². The average molecular weight is 300 g/mol. The topological polar surface area (TPSA) is 62.5 Å². The summed E-state index contributed by atoms with van der Waals surface area (Å²) in [6.07, 6.45) is 3.43. The molecule has 0 aliphatic carbocycles. The van der Waals surface area contributed by atoms with E-state index in [1.807, 2.05) is 0 Å². The Morgan fingerprint density at radius 1 is 1.35 bits per heavy atom. The van der Waals surface area contributed by atoms with Crippen molar-refractivity contribution in [2.45, 2.75) is 38.2 Å². The van der Waals surface area contributed by atoms with Crippen molar-refractivity contribution in [2.24, 2.45) is 18.9 Å². The van der Waals surface area contributed by atoms with E-state index < -0.39 is 10.0 Å². The number of aliphatic hydroxyl groups excluding tert-OH is 1. The Morgan fingerprint density at radius 2 is 1.95 bits per heavy atom. The molecule has 5 nitrogen and oxygen atoms in total. The van der Waals surface area contributed by atoms with Crippen LogP contribution >= 0.6 is 0 Å². The second-order valence-corrected chi connectivity index (χ2v) is 7.86. The van der Waals surface area contributed by atoms with E-state index in [2.05, 4.69) is 13.8 Å². The van der Waals surface area contributed by atoms with Gasteiger partial charge in [-0.25, -0.2) is 8.42 Å². The van der Waals surface area contributed by atoms with Crippen LogP contribution < -0.4 is 0 Å². The lowest BCUT2D eigenvalue weighted by atomic mass is 9.87.